The molecule has 0 atom stereocenters. The Bertz CT molecular complexity index is 687. The molecule has 108 valence electrons. The minimum atomic E-state index is -0.419. The number of hydrogen-bond donors (Lipinski definition) is 2. The van der Waals surface area contributed by atoms with Gasteiger partial charge >= 0.3 is 0 Å². The van der Waals surface area contributed by atoms with Crippen molar-refractivity contribution >= 4 is 34.8 Å². The zero-order valence-corrected chi connectivity index (χ0v) is 11.9. The lowest BCUT2D eigenvalue weighted by molar-refractivity contribution is -0.114. The number of nitrogens with one attached hydrogen (secondary N) is 2. The van der Waals surface area contributed by atoms with E-state index in [2.05, 4.69) is 10.6 Å². The fourth-order valence-electron chi connectivity index (χ4n) is 1.71. The van der Waals surface area contributed by atoms with Gasteiger partial charge in [0, 0.05) is 17.5 Å². The van der Waals surface area contributed by atoms with Crippen molar-refractivity contribution in [1.82, 2.24) is 0 Å². The van der Waals surface area contributed by atoms with Gasteiger partial charge in [0.1, 0.15) is 5.82 Å². The molecule has 0 aliphatic rings. The molecule has 4 nitrogen and oxygen atoms in total. The van der Waals surface area contributed by atoms with E-state index in [-0.39, 0.29) is 5.91 Å². The first kappa shape index (κ1) is 15.0. The Balaban J connectivity index is 2.24. The van der Waals surface area contributed by atoms with Gasteiger partial charge in [-0.15, -0.1) is 0 Å². The summed E-state index contributed by atoms with van der Waals surface area (Å²) in [6.45, 7) is 1.35. The van der Waals surface area contributed by atoms with E-state index >= 15 is 0 Å². The summed E-state index contributed by atoms with van der Waals surface area (Å²) in [6, 6.07) is 9.85. The zero-order valence-electron chi connectivity index (χ0n) is 11.1. The smallest absolute Gasteiger partial charge is 0.255 e. The number of hydrogen-bond acceptors (Lipinski definition) is 2. The predicted octanol–water partition coefficient (Wildman–Crippen LogP) is 3.69. The van der Waals surface area contributed by atoms with Crippen LogP contribution in [0.2, 0.25) is 5.02 Å². The van der Waals surface area contributed by atoms with Crippen LogP contribution in [-0.4, -0.2) is 11.8 Å². The highest BCUT2D eigenvalue weighted by atomic mass is 35.5. The number of benzene rings is 2. The Labute approximate surface area is 125 Å². The van der Waals surface area contributed by atoms with Gasteiger partial charge in [0.25, 0.3) is 5.91 Å². The fourth-order valence-corrected chi connectivity index (χ4v) is 1.89. The maximum atomic E-state index is 12.8. The summed E-state index contributed by atoms with van der Waals surface area (Å²) in [5, 5.41) is 5.66. The molecular weight excluding hydrogens is 295 g/mol. The van der Waals surface area contributed by atoms with Crippen LogP contribution in [-0.2, 0) is 4.79 Å². The second kappa shape index (κ2) is 6.37. The van der Waals surface area contributed by atoms with Gasteiger partial charge in [0.2, 0.25) is 5.91 Å². The van der Waals surface area contributed by atoms with E-state index < -0.39 is 11.7 Å². The maximum Gasteiger partial charge on any atom is 0.255 e. The topological polar surface area (TPSA) is 58.2 Å². The largest absolute Gasteiger partial charge is 0.324 e. The number of halogens is 2. The van der Waals surface area contributed by atoms with Crippen LogP contribution in [0.4, 0.5) is 15.8 Å². The van der Waals surface area contributed by atoms with E-state index in [4.69, 9.17) is 11.6 Å². The first-order chi connectivity index (χ1) is 9.95. The monoisotopic (exact) mass is 306 g/mol. The van der Waals surface area contributed by atoms with Gasteiger partial charge in [-0.05, 0) is 42.5 Å². The highest BCUT2D eigenvalue weighted by molar-refractivity contribution is 6.31. The van der Waals surface area contributed by atoms with Gasteiger partial charge in [0.15, 0.2) is 0 Å². The summed E-state index contributed by atoms with van der Waals surface area (Å²) in [4.78, 5) is 23.2. The van der Waals surface area contributed by atoms with Crippen molar-refractivity contribution < 1.29 is 14.0 Å². The molecule has 0 unspecified atom stereocenters. The van der Waals surface area contributed by atoms with E-state index in [1.807, 2.05) is 0 Å². The Kier molecular flexibility index (Phi) is 4.55. The number of rotatable bonds is 3. The van der Waals surface area contributed by atoms with E-state index in [1.54, 1.807) is 12.1 Å². The number of anilines is 2. The Morgan fingerprint density at radius 1 is 1.00 bits per heavy atom. The van der Waals surface area contributed by atoms with Crippen LogP contribution in [0.15, 0.2) is 42.5 Å². The molecule has 0 saturated carbocycles. The molecule has 2 aromatic carbocycles. The lowest BCUT2D eigenvalue weighted by atomic mass is 10.2. The summed E-state index contributed by atoms with van der Waals surface area (Å²) in [5.41, 5.74) is 1.11. The molecule has 0 radical (unpaired) electrons. The van der Waals surface area contributed by atoms with Gasteiger partial charge < -0.3 is 10.6 Å². The number of carbonyl (C=O) groups is 2. The third kappa shape index (κ3) is 4.03. The molecule has 0 heterocycles. The standard InChI is InChI=1S/C15H12ClFN2O2/c1-9(20)18-14-8-11(16)4-7-13(14)19-15(21)10-2-5-12(17)6-3-10/h2-8H,1H3,(H,18,20)(H,19,21). The van der Waals surface area contributed by atoms with Crippen molar-refractivity contribution in [2.75, 3.05) is 10.6 Å². The minimum Gasteiger partial charge on any atom is -0.324 e. The quantitative estimate of drug-likeness (QED) is 0.908. The Morgan fingerprint density at radius 2 is 1.67 bits per heavy atom. The molecular formula is C15H12ClFN2O2. The fraction of sp³-hybridized carbons (Fsp3) is 0.0667. The normalized spacial score (nSPS) is 10.0. The van der Waals surface area contributed by atoms with E-state index in [9.17, 15) is 14.0 Å². The molecule has 2 rings (SSSR count). The molecule has 0 saturated heterocycles. The second-order valence-corrected chi connectivity index (χ2v) is 4.77. The molecule has 2 N–H and O–H groups in total. The lowest BCUT2D eigenvalue weighted by Gasteiger charge is -2.12. The van der Waals surface area contributed by atoms with Gasteiger partial charge in [-0.3, -0.25) is 9.59 Å². The van der Waals surface area contributed by atoms with E-state index in [0.29, 0.717) is 22.0 Å². The van der Waals surface area contributed by atoms with Crippen LogP contribution in [0.25, 0.3) is 0 Å². The molecule has 0 aliphatic heterocycles. The number of carbonyl (C=O) groups excluding carboxylic acids is 2. The molecule has 6 heteroatoms. The Morgan fingerprint density at radius 3 is 2.29 bits per heavy atom. The van der Waals surface area contributed by atoms with Crippen LogP contribution < -0.4 is 10.6 Å². The van der Waals surface area contributed by atoms with Gasteiger partial charge in [-0.2, -0.15) is 0 Å². The second-order valence-electron chi connectivity index (χ2n) is 4.33. The van der Waals surface area contributed by atoms with Crippen LogP contribution in [0.1, 0.15) is 17.3 Å². The molecule has 0 spiro atoms. The van der Waals surface area contributed by atoms with Gasteiger partial charge in [-0.25, -0.2) is 4.39 Å². The summed E-state index contributed by atoms with van der Waals surface area (Å²) >= 11 is 5.87. The molecule has 0 aliphatic carbocycles. The first-order valence-electron chi connectivity index (χ1n) is 6.10. The third-order valence-corrected chi connectivity index (χ3v) is 2.88. The van der Waals surface area contributed by atoms with Crippen LogP contribution >= 0.6 is 11.6 Å². The molecule has 0 aromatic heterocycles. The summed E-state index contributed by atoms with van der Waals surface area (Å²) in [6.07, 6.45) is 0. The van der Waals surface area contributed by atoms with E-state index in [1.165, 1.54) is 37.3 Å². The minimum absolute atomic E-state index is 0.283. The maximum absolute atomic E-state index is 12.8. The van der Waals surface area contributed by atoms with Crippen molar-refractivity contribution in [1.29, 1.82) is 0 Å². The highest BCUT2D eigenvalue weighted by Crippen LogP contribution is 2.26. The first-order valence-corrected chi connectivity index (χ1v) is 6.47. The van der Waals surface area contributed by atoms with Gasteiger partial charge in [0.05, 0.1) is 11.4 Å². The molecule has 2 aromatic rings. The van der Waals surface area contributed by atoms with Crippen molar-refractivity contribution in [3.63, 3.8) is 0 Å². The van der Waals surface area contributed by atoms with Crippen molar-refractivity contribution in [3.8, 4) is 0 Å². The van der Waals surface area contributed by atoms with Crippen molar-refractivity contribution in [3.05, 3.63) is 58.9 Å². The van der Waals surface area contributed by atoms with Crippen LogP contribution in [0.3, 0.4) is 0 Å². The third-order valence-electron chi connectivity index (χ3n) is 2.65. The predicted molar refractivity (Wildman–Crippen MR) is 80.1 cm³/mol. The van der Waals surface area contributed by atoms with E-state index in [0.717, 1.165) is 0 Å². The van der Waals surface area contributed by atoms with Crippen LogP contribution in [0, 0.1) is 5.82 Å². The molecule has 0 fully saturated rings. The SMILES string of the molecule is CC(=O)Nc1cc(Cl)ccc1NC(=O)c1ccc(F)cc1. The zero-order chi connectivity index (χ0) is 15.4. The molecule has 21 heavy (non-hydrogen) atoms. The van der Waals surface area contributed by atoms with Crippen molar-refractivity contribution in [2.24, 2.45) is 0 Å². The summed E-state index contributed by atoms with van der Waals surface area (Å²) in [7, 11) is 0. The average molecular weight is 307 g/mol. The average Bonchev–Trinajstić information content (AvgIpc) is 2.42. The summed E-state index contributed by atoms with van der Waals surface area (Å²) < 4.78 is 12.8. The Hall–Kier alpha value is -2.40. The molecule has 0 bridgehead atoms. The number of amides is 2. The summed E-state index contributed by atoms with van der Waals surface area (Å²) in [5.74, 6) is -1.12. The van der Waals surface area contributed by atoms with Gasteiger partial charge in [-0.1, -0.05) is 11.6 Å². The highest BCUT2D eigenvalue weighted by Gasteiger charge is 2.10. The van der Waals surface area contributed by atoms with Crippen LogP contribution in [0.5, 0.6) is 0 Å². The lowest BCUT2D eigenvalue weighted by Crippen LogP contribution is -2.15. The van der Waals surface area contributed by atoms with Crippen molar-refractivity contribution in [2.45, 2.75) is 6.92 Å². The molecule has 2 amide bonds.